The van der Waals surface area contributed by atoms with Gasteiger partial charge in [0, 0.05) is 10.7 Å². The number of aryl methyl sites for hydroxylation is 3. The van der Waals surface area contributed by atoms with Gasteiger partial charge in [0.2, 0.25) is 11.1 Å². The fourth-order valence-electron chi connectivity index (χ4n) is 2.57. The first-order valence-electron chi connectivity index (χ1n) is 8.71. The molecule has 2 aromatic carbocycles. The average Bonchev–Trinajstić information content (AvgIpc) is 3.11. The van der Waals surface area contributed by atoms with Crippen LogP contribution >= 0.6 is 23.4 Å². The molecule has 6 nitrogen and oxygen atoms in total. The maximum Gasteiger partial charge on any atom is 0.234 e. The lowest BCUT2D eigenvalue weighted by Crippen LogP contribution is -2.14. The monoisotopic (exact) mass is 416 g/mol. The number of rotatable bonds is 7. The van der Waals surface area contributed by atoms with E-state index < -0.39 is 0 Å². The molecule has 0 unspecified atom stereocenters. The van der Waals surface area contributed by atoms with Crippen molar-refractivity contribution in [2.75, 3.05) is 11.1 Å². The first-order valence-corrected chi connectivity index (χ1v) is 10.1. The van der Waals surface area contributed by atoms with E-state index >= 15 is 0 Å². The van der Waals surface area contributed by atoms with Crippen molar-refractivity contribution in [2.45, 2.75) is 32.5 Å². The fourth-order valence-corrected chi connectivity index (χ4v) is 3.37. The summed E-state index contributed by atoms with van der Waals surface area (Å²) in [5.41, 5.74) is 3.77. The van der Waals surface area contributed by atoms with Gasteiger partial charge in [0.25, 0.3) is 0 Å². The first kappa shape index (κ1) is 20.2. The Kier molecular flexibility index (Phi) is 6.59. The lowest BCUT2D eigenvalue weighted by molar-refractivity contribution is -0.113. The average molecular weight is 417 g/mol. The Morgan fingerprint density at radius 2 is 1.93 bits per heavy atom. The molecule has 0 atom stereocenters. The van der Waals surface area contributed by atoms with Gasteiger partial charge in [-0.15, -0.1) is 5.10 Å². The molecule has 3 aromatic rings. The number of hydrogen-bond donors (Lipinski definition) is 2. The van der Waals surface area contributed by atoms with Gasteiger partial charge in [0.1, 0.15) is 12.4 Å². The van der Waals surface area contributed by atoms with E-state index in [0.717, 1.165) is 22.4 Å². The lowest BCUT2D eigenvalue weighted by Gasteiger charge is -2.10. The number of carbonyl (C=O) groups is 1. The minimum Gasteiger partial charge on any atom is -0.485 e. The molecule has 0 spiro atoms. The maximum absolute atomic E-state index is 12.1. The van der Waals surface area contributed by atoms with Crippen molar-refractivity contribution < 1.29 is 9.53 Å². The molecule has 146 valence electrons. The van der Waals surface area contributed by atoms with Crippen LogP contribution in [-0.4, -0.2) is 26.8 Å². The number of aromatic amines is 1. The summed E-state index contributed by atoms with van der Waals surface area (Å²) in [6.07, 6.45) is 0. The van der Waals surface area contributed by atoms with Gasteiger partial charge < -0.3 is 10.1 Å². The van der Waals surface area contributed by atoms with Crippen LogP contribution in [0.3, 0.4) is 0 Å². The van der Waals surface area contributed by atoms with E-state index in [9.17, 15) is 4.79 Å². The Labute approximate surface area is 173 Å². The Bertz CT molecular complexity index is 970. The maximum atomic E-state index is 12.1. The van der Waals surface area contributed by atoms with Crippen LogP contribution < -0.4 is 10.1 Å². The minimum atomic E-state index is -0.150. The number of anilines is 1. The number of thioether (sulfide) groups is 1. The van der Waals surface area contributed by atoms with Crippen molar-refractivity contribution in [1.82, 2.24) is 15.2 Å². The number of nitrogens with zero attached hydrogens (tertiary/aromatic N) is 2. The highest BCUT2D eigenvalue weighted by molar-refractivity contribution is 7.99. The second-order valence-corrected chi connectivity index (χ2v) is 7.72. The fraction of sp³-hybridized carbons (Fsp3) is 0.250. The van der Waals surface area contributed by atoms with E-state index in [1.165, 1.54) is 11.8 Å². The number of halogens is 1. The Hall–Kier alpha value is -2.51. The molecule has 0 saturated heterocycles. The summed E-state index contributed by atoms with van der Waals surface area (Å²) >= 11 is 7.32. The van der Waals surface area contributed by atoms with E-state index in [1.807, 2.05) is 51.1 Å². The predicted octanol–water partition coefficient (Wildman–Crippen LogP) is 4.69. The molecule has 1 amide bonds. The molecule has 8 heteroatoms. The van der Waals surface area contributed by atoms with Gasteiger partial charge in [-0.25, -0.2) is 4.98 Å². The number of hydrogen-bond acceptors (Lipinski definition) is 5. The number of amides is 1. The minimum absolute atomic E-state index is 0.150. The molecule has 3 rings (SSSR count). The van der Waals surface area contributed by atoms with Crippen LogP contribution in [0.1, 0.15) is 22.5 Å². The molecule has 1 aromatic heterocycles. The van der Waals surface area contributed by atoms with Crippen molar-refractivity contribution in [3.05, 3.63) is 63.9 Å². The van der Waals surface area contributed by atoms with Crippen LogP contribution in [0.4, 0.5) is 5.69 Å². The van der Waals surface area contributed by atoms with Crippen LogP contribution in [-0.2, 0) is 11.4 Å². The summed E-state index contributed by atoms with van der Waals surface area (Å²) in [7, 11) is 0. The molecule has 0 radical (unpaired) electrons. The SMILES string of the molecule is Cc1ccc(NC(=O)CSc2n[nH]c(COc3c(C)cccc3C)n2)cc1Cl. The largest absolute Gasteiger partial charge is 0.485 e. The van der Waals surface area contributed by atoms with Crippen LogP contribution in [0, 0.1) is 20.8 Å². The van der Waals surface area contributed by atoms with Gasteiger partial charge in [-0.05, 0) is 49.6 Å². The quantitative estimate of drug-likeness (QED) is 0.546. The standard InChI is InChI=1S/C20H21ClN4O2S/c1-12-7-8-15(9-16(12)21)22-18(26)11-28-20-23-17(24-25-20)10-27-19-13(2)5-4-6-14(19)3/h4-9H,10-11H2,1-3H3,(H,22,26)(H,23,24,25). The molecule has 2 N–H and O–H groups in total. The van der Waals surface area contributed by atoms with Gasteiger partial charge in [-0.2, -0.15) is 0 Å². The zero-order chi connectivity index (χ0) is 20.1. The molecule has 1 heterocycles. The summed E-state index contributed by atoms with van der Waals surface area (Å²) in [4.78, 5) is 16.5. The molecule has 28 heavy (non-hydrogen) atoms. The van der Waals surface area contributed by atoms with Crippen LogP contribution in [0.25, 0.3) is 0 Å². The molecule has 0 aliphatic rings. The van der Waals surface area contributed by atoms with Gasteiger partial charge >= 0.3 is 0 Å². The summed E-state index contributed by atoms with van der Waals surface area (Å²) in [6, 6.07) is 11.4. The zero-order valence-corrected chi connectivity index (χ0v) is 17.4. The first-order chi connectivity index (χ1) is 13.4. The second-order valence-electron chi connectivity index (χ2n) is 6.38. The predicted molar refractivity (Wildman–Crippen MR) is 112 cm³/mol. The smallest absolute Gasteiger partial charge is 0.234 e. The highest BCUT2D eigenvalue weighted by Gasteiger charge is 2.10. The number of para-hydroxylation sites is 1. The molecule has 0 bridgehead atoms. The molecule has 0 fully saturated rings. The number of aromatic nitrogens is 3. The van der Waals surface area contributed by atoms with Crippen molar-refractivity contribution >= 4 is 35.0 Å². The molecular formula is C20H21ClN4O2S. The van der Waals surface area contributed by atoms with E-state index in [2.05, 4.69) is 20.5 Å². The third kappa shape index (κ3) is 5.27. The van der Waals surface area contributed by atoms with E-state index in [0.29, 0.717) is 21.7 Å². The molecule has 0 aliphatic carbocycles. The Balaban J connectivity index is 1.50. The van der Waals surface area contributed by atoms with Crippen molar-refractivity contribution in [3.63, 3.8) is 0 Å². The van der Waals surface area contributed by atoms with Gasteiger partial charge in [0.05, 0.1) is 5.75 Å². The molecule has 0 aliphatic heterocycles. The van der Waals surface area contributed by atoms with Crippen LogP contribution in [0.15, 0.2) is 41.6 Å². The third-order valence-corrected chi connectivity index (χ3v) is 5.32. The Morgan fingerprint density at radius 1 is 1.18 bits per heavy atom. The highest BCUT2D eigenvalue weighted by Crippen LogP contribution is 2.23. The van der Waals surface area contributed by atoms with Crippen molar-refractivity contribution in [2.24, 2.45) is 0 Å². The zero-order valence-electron chi connectivity index (χ0n) is 15.9. The number of carbonyl (C=O) groups excluding carboxylic acids is 1. The Morgan fingerprint density at radius 3 is 2.64 bits per heavy atom. The van der Waals surface area contributed by atoms with Crippen molar-refractivity contribution in [1.29, 1.82) is 0 Å². The van der Waals surface area contributed by atoms with E-state index in [-0.39, 0.29) is 18.3 Å². The summed E-state index contributed by atoms with van der Waals surface area (Å²) < 4.78 is 5.86. The third-order valence-electron chi connectivity index (χ3n) is 4.06. The van der Waals surface area contributed by atoms with Crippen LogP contribution in [0.5, 0.6) is 5.75 Å². The van der Waals surface area contributed by atoms with Gasteiger partial charge in [-0.3, -0.25) is 9.89 Å². The van der Waals surface area contributed by atoms with E-state index in [4.69, 9.17) is 16.3 Å². The number of nitrogens with one attached hydrogen (secondary N) is 2. The summed E-state index contributed by atoms with van der Waals surface area (Å²) in [5, 5.41) is 10.9. The number of ether oxygens (including phenoxy) is 1. The topological polar surface area (TPSA) is 79.9 Å². The number of H-pyrrole nitrogens is 1. The lowest BCUT2D eigenvalue weighted by atomic mass is 10.1. The normalized spacial score (nSPS) is 10.7. The van der Waals surface area contributed by atoms with Gasteiger partial charge in [-0.1, -0.05) is 47.6 Å². The molecule has 0 saturated carbocycles. The molecular weight excluding hydrogens is 396 g/mol. The van der Waals surface area contributed by atoms with E-state index in [1.54, 1.807) is 6.07 Å². The van der Waals surface area contributed by atoms with Crippen LogP contribution in [0.2, 0.25) is 5.02 Å². The van der Waals surface area contributed by atoms with Crippen molar-refractivity contribution in [3.8, 4) is 5.75 Å². The van der Waals surface area contributed by atoms with Gasteiger partial charge in [0.15, 0.2) is 5.82 Å². The summed E-state index contributed by atoms with van der Waals surface area (Å²) in [6.45, 7) is 6.20. The number of benzene rings is 2. The second kappa shape index (κ2) is 9.12. The highest BCUT2D eigenvalue weighted by atomic mass is 35.5. The summed E-state index contributed by atoms with van der Waals surface area (Å²) in [5.74, 6) is 1.50.